The van der Waals surface area contributed by atoms with Crippen molar-refractivity contribution in [1.82, 2.24) is 19.1 Å². The maximum Gasteiger partial charge on any atom is 0.252 e. The fourth-order valence-electron chi connectivity index (χ4n) is 11.8. The van der Waals surface area contributed by atoms with E-state index in [1.165, 1.54) is 82.5 Å². The van der Waals surface area contributed by atoms with Gasteiger partial charge in [0.15, 0.2) is 0 Å². The van der Waals surface area contributed by atoms with Crippen molar-refractivity contribution in [3.05, 3.63) is 243 Å². The highest BCUT2D eigenvalue weighted by Gasteiger charge is 2.43. The van der Waals surface area contributed by atoms with Crippen LogP contribution in [0.25, 0.3) is 99.5 Å². The number of rotatable bonds is 6. The molecule has 6 heteroatoms. The summed E-state index contributed by atoms with van der Waals surface area (Å²) in [6.07, 6.45) is 7.58. The Balaban J connectivity index is 1.10. The van der Waals surface area contributed by atoms with E-state index >= 15 is 0 Å². The molecule has 4 aromatic heterocycles. The molecule has 324 valence electrons. The molecular weight excluding hydrogens is 850 g/mol. The van der Waals surface area contributed by atoms with Gasteiger partial charge in [0, 0.05) is 74.6 Å². The van der Waals surface area contributed by atoms with Gasteiger partial charge in [-0.15, -0.1) is 0 Å². The number of pyridine rings is 2. The summed E-state index contributed by atoms with van der Waals surface area (Å²) in [6, 6.07) is 80.8. The minimum absolute atomic E-state index is 0.0931. The van der Waals surface area contributed by atoms with Crippen molar-refractivity contribution in [1.29, 1.82) is 0 Å². The molecule has 0 atom stereocenters. The predicted octanol–water partition coefficient (Wildman–Crippen LogP) is 14.0. The second-order valence-corrected chi connectivity index (χ2v) is 18.6. The molecule has 13 aromatic rings. The van der Waals surface area contributed by atoms with E-state index in [9.17, 15) is 0 Å². The molecule has 0 bridgehead atoms. The smallest absolute Gasteiger partial charge is 0.252 e. The largest absolute Gasteiger partial charge is 0.311 e. The van der Waals surface area contributed by atoms with Crippen molar-refractivity contribution in [2.75, 3.05) is 4.90 Å². The third kappa shape index (κ3) is 5.74. The van der Waals surface area contributed by atoms with Crippen LogP contribution >= 0.6 is 0 Å². The highest BCUT2D eigenvalue weighted by Crippen LogP contribution is 2.46. The highest BCUT2D eigenvalue weighted by molar-refractivity contribution is 7.00. The third-order valence-electron chi connectivity index (χ3n) is 14.9. The lowest BCUT2D eigenvalue weighted by atomic mass is 9.33. The predicted molar refractivity (Wildman–Crippen MR) is 292 cm³/mol. The second kappa shape index (κ2) is 15.1. The van der Waals surface area contributed by atoms with Crippen LogP contribution in [0.5, 0.6) is 0 Å². The van der Waals surface area contributed by atoms with E-state index in [1.807, 2.05) is 24.8 Å². The number of hydrogen-bond donors (Lipinski definition) is 0. The Morgan fingerprint density at radius 2 is 0.814 bits per heavy atom. The van der Waals surface area contributed by atoms with Gasteiger partial charge in [0.2, 0.25) is 0 Å². The molecule has 15 rings (SSSR count). The number of aromatic nitrogens is 4. The average Bonchev–Trinajstić information content (AvgIpc) is 3.95. The number of hydrogen-bond acceptors (Lipinski definition) is 3. The molecule has 0 amide bonds. The van der Waals surface area contributed by atoms with Gasteiger partial charge in [0.25, 0.3) is 6.71 Å². The van der Waals surface area contributed by atoms with Crippen LogP contribution in [0.2, 0.25) is 0 Å². The summed E-state index contributed by atoms with van der Waals surface area (Å²) in [5, 5.41) is 4.91. The van der Waals surface area contributed by atoms with Crippen molar-refractivity contribution >= 4 is 83.8 Å². The van der Waals surface area contributed by atoms with Crippen LogP contribution in [0.1, 0.15) is 0 Å². The van der Waals surface area contributed by atoms with E-state index < -0.39 is 0 Å². The first kappa shape index (κ1) is 38.8. The van der Waals surface area contributed by atoms with E-state index in [-0.39, 0.29) is 6.71 Å². The molecule has 0 spiro atoms. The number of benzene rings is 9. The fourth-order valence-corrected chi connectivity index (χ4v) is 11.8. The summed E-state index contributed by atoms with van der Waals surface area (Å²) >= 11 is 0. The lowest BCUT2D eigenvalue weighted by Crippen LogP contribution is -2.60. The number of anilines is 3. The van der Waals surface area contributed by atoms with Crippen LogP contribution in [-0.2, 0) is 0 Å². The van der Waals surface area contributed by atoms with Crippen molar-refractivity contribution in [3.63, 3.8) is 0 Å². The van der Waals surface area contributed by atoms with Gasteiger partial charge < -0.3 is 14.0 Å². The Morgan fingerprint density at radius 1 is 0.300 bits per heavy atom. The standard InChI is InChI=1S/C64H40BN5/c1-4-12-41(13-5-1)46-20-23-52-53-24-21-47(42-14-6-2-7-15-42)38-60(53)69(59(52)37-46)50-39-61-63-62(40-50)70-57-19-11-10-18-51(57)54-34-48(44-28-32-67-33-29-44)36-56(64(54)70)65(63)55-35-45(43-26-30-66-31-27-43)22-25-58(55)68(61)49-16-8-3-9-17-49/h1-40H. The SMILES string of the molecule is c1ccc(-c2ccc3c4ccc(-c5ccccc5)cc4n(-c4cc5c6c(c4)-n4c7ccccc7c7cc(-c8ccncc8)cc(c74)B6c4cc(-c6ccncc6)ccc4N5c4ccccc4)c3c2)cc1. The zero-order valence-electron chi connectivity index (χ0n) is 37.9. The zero-order chi connectivity index (χ0) is 45.9. The van der Waals surface area contributed by atoms with Gasteiger partial charge in [-0.2, -0.15) is 0 Å². The topological polar surface area (TPSA) is 38.9 Å². The number of para-hydroxylation sites is 2. The Labute approximate surface area is 404 Å². The zero-order valence-corrected chi connectivity index (χ0v) is 37.9. The van der Waals surface area contributed by atoms with Gasteiger partial charge in [0.1, 0.15) is 0 Å². The lowest BCUT2D eigenvalue weighted by Gasteiger charge is -2.41. The molecule has 70 heavy (non-hydrogen) atoms. The molecule has 2 aliphatic rings. The molecule has 0 saturated carbocycles. The Hall–Kier alpha value is -9.26. The van der Waals surface area contributed by atoms with E-state index in [1.54, 1.807) is 0 Å². The molecule has 6 heterocycles. The van der Waals surface area contributed by atoms with E-state index in [4.69, 9.17) is 0 Å². The summed E-state index contributed by atoms with van der Waals surface area (Å²) < 4.78 is 5.11. The number of fused-ring (bicyclic) bond motifs is 10. The Morgan fingerprint density at radius 3 is 1.47 bits per heavy atom. The third-order valence-corrected chi connectivity index (χ3v) is 14.9. The van der Waals surface area contributed by atoms with Crippen LogP contribution in [0.15, 0.2) is 243 Å². The summed E-state index contributed by atoms with van der Waals surface area (Å²) in [4.78, 5) is 11.3. The average molecular weight is 890 g/mol. The molecule has 0 saturated heterocycles. The summed E-state index contributed by atoms with van der Waals surface area (Å²) in [7, 11) is 0. The molecule has 0 radical (unpaired) electrons. The van der Waals surface area contributed by atoms with Crippen LogP contribution in [-0.4, -0.2) is 25.8 Å². The first-order valence-electron chi connectivity index (χ1n) is 24.0. The molecule has 5 nitrogen and oxygen atoms in total. The van der Waals surface area contributed by atoms with Crippen molar-refractivity contribution in [2.45, 2.75) is 0 Å². The second-order valence-electron chi connectivity index (χ2n) is 18.6. The Kier molecular flexibility index (Phi) is 8.39. The summed E-state index contributed by atoms with van der Waals surface area (Å²) in [6.45, 7) is -0.0931. The monoisotopic (exact) mass is 889 g/mol. The van der Waals surface area contributed by atoms with Gasteiger partial charge in [-0.1, -0.05) is 140 Å². The van der Waals surface area contributed by atoms with Crippen molar-refractivity contribution < 1.29 is 0 Å². The molecular formula is C64H40BN5. The molecule has 0 aliphatic carbocycles. The molecule has 0 unspecified atom stereocenters. The van der Waals surface area contributed by atoms with Crippen LogP contribution in [0.3, 0.4) is 0 Å². The molecule has 0 fully saturated rings. The first-order chi connectivity index (χ1) is 34.7. The normalized spacial score (nSPS) is 12.5. The molecule has 9 aromatic carbocycles. The van der Waals surface area contributed by atoms with Gasteiger partial charge >= 0.3 is 0 Å². The minimum Gasteiger partial charge on any atom is -0.311 e. The quantitative estimate of drug-likeness (QED) is 0.156. The minimum atomic E-state index is -0.0931. The summed E-state index contributed by atoms with van der Waals surface area (Å²) in [5.41, 5.74) is 23.7. The highest BCUT2D eigenvalue weighted by atomic mass is 15.2. The molecule has 2 aliphatic heterocycles. The first-order valence-corrected chi connectivity index (χ1v) is 24.0. The van der Waals surface area contributed by atoms with E-state index in [2.05, 4.69) is 242 Å². The fraction of sp³-hybridized carbons (Fsp3) is 0. The summed E-state index contributed by atoms with van der Waals surface area (Å²) in [5.74, 6) is 0. The number of nitrogens with zero attached hydrogens (tertiary/aromatic N) is 5. The lowest BCUT2D eigenvalue weighted by molar-refractivity contribution is 1.13. The maximum atomic E-state index is 4.42. The van der Waals surface area contributed by atoms with Crippen LogP contribution in [0.4, 0.5) is 17.1 Å². The van der Waals surface area contributed by atoms with Crippen LogP contribution in [0, 0.1) is 0 Å². The molecule has 0 N–H and O–H groups in total. The van der Waals surface area contributed by atoms with Crippen LogP contribution < -0.4 is 21.3 Å². The van der Waals surface area contributed by atoms with Gasteiger partial charge in [0.05, 0.1) is 22.2 Å². The van der Waals surface area contributed by atoms with Crippen molar-refractivity contribution in [3.8, 4) is 55.9 Å². The maximum absolute atomic E-state index is 4.42. The van der Waals surface area contributed by atoms with Gasteiger partial charge in [-0.05, 0) is 140 Å². The van der Waals surface area contributed by atoms with Crippen molar-refractivity contribution in [2.24, 2.45) is 0 Å². The van der Waals surface area contributed by atoms with Gasteiger partial charge in [-0.3, -0.25) is 9.97 Å². The van der Waals surface area contributed by atoms with Gasteiger partial charge in [-0.25, -0.2) is 0 Å². The van der Waals surface area contributed by atoms with E-state index in [0.717, 1.165) is 50.5 Å². The Bertz CT molecular complexity index is 4130. The van der Waals surface area contributed by atoms with E-state index in [0.29, 0.717) is 0 Å².